The molecule has 0 atom stereocenters. The lowest BCUT2D eigenvalue weighted by Gasteiger charge is -2.22. The summed E-state index contributed by atoms with van der Waals surface area (Å²) in [5.41, 5.74) is 0. The monoisotopic (exact) mass is 215 g/mol. The second-order valence-electron chi connectivity index (χ2n) is 2.92. The van der Waals surface area contributed by atoms with E-state index in [1.807, 2.05) is 0 Å². The number of nitrogens with zero attached hydrogens (tertiary/aromatic N) is 1. The number of hydrogen-bond acceptors (Lipinski definition) is 4. The Hall–Kier alpha value is -0.580. The van der Waals surface area contributed by atoms with Crippen LogP contribution in [0.1, 0.15) is 0 Å². The lowest BCUT2D eigenvalue weighted by atomic mass is 10.4. The molecule has 1 rings (SSSR count). The largest absolute Gasteiger partial charge is 0.383 e. The average Bonchev–Trinajstić information content (AvgIpc) is 2.71. The van der Waals surface area contributed by atoms with Gasteiger partial charge in [0, 0.05) is 27.3 Å². The molecule has 0 aliphatic rings. The van der Waals surface area contributed by atoms with Crippen molar-refractivity contribution in [3.05, 3.63) is 17.5 Å². The summed E-state index contributed by atoms with van der Waals surface area (Å²) in [7, 11) is 3.45. The number of methoxy groups -OCH3 is 2. The number of rotatable bonds is 7. The molecular weight excluding hydrogens is 198 g/mol. The van der Waals surface area contributed by atoms with Crippen LogP contribution in [-0.4, -0.2) is 40.5 Å². The molecule has 0 aliphatic carbocycles. The van der Waals surface area contributed by atoms with Gasteiger partial charge in [-0.05, 0) is 17.5 Å². The van der Waals surface area contributed by atoms with Crippen molar-refractivity contribution in [1.82, 2.24) is 0 Å². The van der Waals surface area contributed by atoms with Crippen LogP contribution in [0.15, 0.2) is 17.5 Å². The highest BCUT2D eigenvalue weighted by atomic mass is 32.1. The summed E-state index contributed by atoms with van der Waals surface area (Å²) in [5, 5.41) is 3.36. The molecule has 1 aromatic heterocycles. The molecular formula is C10H17NO2S. The molecule has 0 bridgehead atoms. The molecule has 80 valence electrons. The van der Waals surface area contributed by atoms with E-state index in [4.69, 9.17) is 9.47 Å². The maximum atomic E-state index is 5.07. The van der Waals surface area contributed by atoms with Crippen molar-refractivity contribution >= 4 is 16.3 Å². The molecule has 0 fully saturated rings. The Kier molecular flexibility index (Phi) is 5.59. The molecule has 0 aliphatic heterocycles. The molecule has 14 heavy (non-hydrogen) atoms. The van der Waals surface area contributed by atoms with Crippen molar-refractivity contribution in [2.24, 2.45) is 0 Å². The van der Waals surface area contributed by atoms with Gasteiger partial charge in [-0.2, -0.15) is 0 Å². The first kappa shape index (κ1) is 11.5. The van der Waals surface area contributed by atoms with Crippen molar-refractivity contribution in [3.63, 3.8) is 0 Å². The third kappa shape index (κ3) is 3.65. The summed E-state index contributed by atoms with van der Waals surface area (Å²) >= 11 is 1.75. The van der Waals surface area contributed by atoms with Crippen molar-refractivity contribution in [2.75, 3.05) is 45.4 Å². The third-order valence-corrected chi connectivity index (χ3v) is 2.88. The van der Waals surface area contributed by atoms with Crippen LogP contribution in [0.4, 0.5) is 5.00 Å². The first-order valence-corrected chi connectivity index (χ1v) is 5.52. The summed E-state index contributed by atoms with van der Waals surface area (Å²) in [6.07, 6.45) is 0. The van der Waals surface area contributed by atoms with E-state index in [0.717, 1.165) is 26.3 Å². The van der Waals surface area contributed by atoms with E-state index in [-0.39, 0.29) is 0 Å². The molecule has 0 saturated carbocycles. The quantitative estimate of drug-likeness (QED) is 0.693. The Labute approximate surface area is 89.2 Å². The molecule has 1 aromatic rings. The van der Waals surface area contributed by atoms with Gasteiger partial charge in [0.2, 0.25) is 0 Å². The summed E-state index contributed by atoms with van der Waals surface area (Å²) < 4.78 is 10.1. The van der Waals surface area contributed by atoms with E-state index in [0.29, 0.717) is 0 Å². The summed E-state index contributed by atoms with van der Waals surface area (Å²) in [6, 6.07) is 4.18. The van der Waals surface area contributed by atoms with Crippen LogP contribution in [0, 0.1) is 0 Å². The van der Waals surface area contributed by atoms with Crippen LogP contribution in [0.3, 0.4) is 0 Å². The standard InChI is InChI=1S/C10H17NO2S/c1-12-7-5-11(6-8-13-2)10-4-3-9-14-10/h3-4,9H,5-8H2,1-2H3. The van der Waals surface area contributed by atoms with Gasteiger partial charge in [0.1, 0.15) is 0 Å². The first-order chi connectivity index (χ1) is 6.88. The Morgan fingerprint density at radius 2 is 1.86 bits per heavy atom. The van der Waals surface area contributed by atoms with Gasteiger partial charge in [-0.15, -0.1) is 11.3 Å². The van der Waals surface area contributed by atoms with Gasteiger partial charge < -0.3 is 14.4 Å². The highest BCUT2D eigenvalue weighted by Crippen LogP contribution is 2.20. The fourth-order valence-electron chi connectivity index (χ4n) is 1.18. The van der Waals surface area contributed by atoms with Gasteiger partial charge in [0.15, 0.2) is 0 Å². The van der Waals surface area contributed by atoms with Crippen LogP contribution < -0.4 is 4.90 Å². The van der Waals surface area contributed by atoms with E-state index >= 15 is 0 Å². The van der Waals surface area contributed by atoms with Crippen molar-refractivity contribution < 1.29 is 9.47 Å². The fourth-order valence-corrected chi connectivity index (χ4v) is 1.97. The predicted octanol–water partition coefficient (Wildman–Crippen LogP) is 1.85. The number of thiophene rings is 1. The maximum absolute atomic E-state index is 5.07. The minimum atomic E-state index is 0.752. The molecule has 0 radical (unpaired) electrons. The Morgan fingerprint density at radius 1 is 1.21 bits per heavy atom. The fraction of sp³-hybridized carbons (Fsp3) is 0.600. The summed E-state index contributed by atoms with van der Waals surface area (Å²) in [4.78, 5) is 2.28. The van der Waals surface area contributed by atoms with E-state index < -0.39 is 0 Å². The zero-order chi connectivity index (χ0) is 10.2. The van der Waals surface area contributed by atoms with Gasteiger partial charge in [0.25, 0.3) is 0 Å². The van der Waals surface area contributed by atoms with Crippen LogP contribution in [-0.2, 0) is 9.47 Å². The smallest absolute Gasteiger partial charge is 0.0910 e. The highest BCUT2D eigenvalue weighted by molar-refractivity contribution is 7.14. The molecule has 0 spiro atoms. The Bertz CT molecular complexity index is 218. The predicted molar refractivity (Wildman–Crippen MR) is 60.3 cm³/mol. The van der Waals surface area contributed by atoms with Crippen molar-refractivity contribution in [2.45, 2.75) is 0 Å². The van der Waals surface area contributed by atoms with Crippen LogP contribution in [0.5, 0.6) is 0 Å². The second kappa shape index (κ2) is 6.81. The van der Waals surface area contributed by atoms with E-state index in [1.54, 1.807) is 25.6 Å². The molecule has 0 saturated heterocycles. The van der Waals surface area contributed by atoms with Gasteiger partial charge in [0.05, 0.1) is 18.2 Å². The SMILES string of the molecule is COCCN(CCOC)c1cccs1. The number of ether oxygens (including phenoxy) is 2. The van der Waals surface area contributed by atoms with E-state index in [9.17, 15) is 0 Å². The van der Waals surface area contributed by atoms with Crippen molar-refractivity contribution in [3.8, 4) is 0 Å². The molecule has 3 nitrogen and oxygen atoms in total. The lowest BCUT2D eigenvalue weighted by Crippen LogP contribution is -2.29. The maximum Gasteiger partial charge on any atom is 0.0910 e. The van der Waals surface area contributed by atoms with E-state index in [1.165, 1.54) is 5.00 Å². The zero-order valence-corrected chi connectivity index (χ0v) is 9.55. The molecule has 0 N–H and O–H groups in total. The van der Waals surface area contributed by atoms with Gasteiger partial charge >= 0.3 is 0 Å². The summed E-state index contributed by atoms with van der Waals surface area (Å²) in [6.45, 7) is 3.34. The van der Waals surface area contributed by atoms with Gasteiger partial charge in [-0.25, -0.2) is 0 Å². The minimum absolute atomic E-state index is 0.752. The normalized spacial score (nSPS) is 10.4. The number of hydrogen-bond donors (Lipinski definition) is 0. The van der Waals surface area contributed by atoms with Crippen LogP contribution in [0.2, 0.25) is 0 Å². The second-order valence-corrected chi connectivity index (χ2v) is 3.85. The zero-order valence-electron chi connectivity index (χ0n) is 8.73. The van der Waals surface area contributed by atoms with Crippen molar-refractivity contribution in [1.29, 1.82) is 0 Å². The van der Waals surface area contributed by atoms with E-state index in [2.05, 4.69) is 22.4 Å². The highest BCUT2D eigenvalue weighted by Gasteiger charge is 2.05. The number of anilines is 1. The lowest BCUT2D eigenvalue weighted by molar-refractivity contribution is 0.190. The summed E-state index contributed by atoms with van der Waals surface area (Å²) in [5.74, 6) is 0. The average molecular weight is 215 g/mol. The molecule has 1 heterocycles. The van der Waals surface area contributed by atoms with Crippen LogP contribution in [0.25, 0.3) is 0 Å². The molecule has 0 unspecified atom stereocenters. The minimum Gasteiger partial charge on any atom is -0.383 e. The molecule has 0 aromatic carbocycles. The first-order valence-electron chi connectivity index (χ1n) is 4.65. The van der Waals surface area contributed by atoms with Crippen LogP contribution >= 0.6 is 11.3 Å². The van der Waals surface area contributed by atoms with Gasteiger partial charge in [-0.1, -0.05) is 0 Å². The van der Waals surface area contributed by atoms with Gasteiger partial charge in [-0.3, -0.25) is 0 Å². The molecule has 4 heteroatoms. The molecule has 0 amide bonds. The topological polar surface area (TPSA) is 21.7 Å². The Balaban J connectivity index is 2.44. The Morgan fingerprint density at radius 3 is 2.29 bits per heavy atom. The third-order valence-electron chi connectivity index (χ3n) is 1.95.